The molecule has 0 spiro atoms. The SMILES string of the molecule is CC(C)[C@H](NC(=O)CCCCCN1C(=O)C(Br)=C(Br)C1=O)C(=O)N[C@@H](C)C(=O)Nc1ccc(COC(N)=O)cc1. The van der Waals surface area contributed by atoms with Crippen molar-refractivity contribution in [1.29, 1.82) is 0 Å². The van der Waals surface area contributed by atoms with Gasteiger partial charge in [0.1, 0.15) is 27.7 Å². The number of benzene rings is 1. The molecular weight excluding hydrogens is 654 g/mol. The van der Waals surface area contributed by atoms with Gasteiger partial charge in [0.05, 0.1) is 0 Å². The molecule has 1 heterocycles. The number of halogens is 2. The largest absolute Gasteiger partial charge is 0.445 e. The highest BCUT2D eigenvalue weighted by Crippen LogP contribution is 2.29. The van der Waals surface area contributed by atoms with E-state index >= 15 is 0 Å². The molecule has 40 heavy (non-hydrogen) atoms. The minimum Gasteiger partial charge on any atom is -0.445 e. The van der Waals surface area contributed by atoms with Gasteiger partial charge < -0.3 is 26.4 Å². The molecule has 0 saturated carbocycles. The Bertz CT molecular complexity index is 1150. The highest BCUT2D eigenvalue weighted by molar-refractivity contribution is 9.14. The average Bonchev–Trinajstić information content (AvgIpc) is 3.08. The minimum atomic E-state index is -0.886. The van der Waals surface area contributed by atoms with Gasteiger partial charge in [0.25, 0.3) is 11.8 Å². The second-order valence-corrected chi connectivity index (χ2v) is 11.1. The number of ether oxygens (including phenoxy) is 1. The normalized spacial score (nSPS) is 14.7. The van der Waals surface area contributed by atoms with Crippen molar-refractivity contribution < 1.29 is 33.5 Å². The van der Waals surface area contributed by atoms with Crippen LogP contribution >= 0.6 is 31.9 Å². The number of hydrogen-bond acceptors (Lipinski definition) is 7. The standard InChI is InChI=1S/C26H33Br2N5O7/c1-14(2)21(32-18(34)7-5-4-6-12-33-24(37)19(27)20(28)25(33)38)23(36)30-15(3)22(35)31-17-10-8-16(9-11-17)13-40-26(29)39/h8-11,14-15,21H,4-7,12-13H2,1-3H3,(H2,29,39)(H,30,36)(H,31,35)(H,32,34)/t15-,21-/m0/s1. The van der Waals surface area contributed by atoms with E-state index in [1.807, 2.05) is 0 Å². The van der Waals surface area contributed by atoms with Gasteiger partial charge >= 0.3 is 6.09 Å². The van der Waals surface area contributed by atoms with Gasteiger partial charge in [-0.2, -0.15) is 0 Å². The molecule has 218 valence electrons. The van der Waals surface area contributed by atoms with Crippen molar-refractivity contribution in [2.24, 2.45) is 11.7 Å². The lowest BCUT2D eigenvalue weighted by atomic mass is 10.0. The first-order valence-electron chi connectivity index (χ1n) is 12.6. The molecule has 0 unspecified atom stereocenters. The van der Waals surface area contributed by atoms with E-state index in [2.05, 4.69) is 47.8 Å². The van der Waals surface area contributed by atoms with Crippen molar-refractivity contribution in [3.63, 3.8) is 0 Å². The van der Waals surface area contributed by atoms with Crippen LogP contribution in [-0.4, -0.2) is 59.2 Å². The fraction of sp³-hybridized carbons (Fsp3) is 0.462. The molecule has 12 nitrogen and oxygen atoms in total. The Morgan fingerprint density at radius 2 is 1.50 bits per heavy atom. The lowest BCUT2D eigenvalue weighted by molar-refractivity contribution is -0.137. The second-order valence-electron chi connectivity index (χ2n) is 9.51. The molecule has 2 rings (SSSR count). The van der Waals surface area contributed by atoms with Crippen LogP contribution in [0.15, 0.2) is 33.2 Å². The summed E-state index contributed by atoms with van der Waals surface area (Å²) in [6, 6.07) is 4.85. The maximum Gasteiger partial charge on any atom is 0.404 e. The lowest BCUT2D eigenvalue weighted by Crippen LogP contribution is -2.53. The molecule has 1 aromatic carbocycles. The van der Waals surface area contributed by atoms with Gasteiger partial charge in [-0.1, -0.05) is 32.4 Å². The number of carbonyl (C=O) groups is 6. The first-order valence-corrected chi connectivity index (χ1v) is 14.2. The molecule has 1 aromatic rings. The summed E-state index contributed by atoms with van der Waals surface area (Å²) in [5, 5.41) is 8.06. The first-order chi connectivity index (χ1) is 18.8. The summed E-state index contributed by atoms with van der Waals surface area (Å²) in [4.78, 5) is 73.9. The van der Waals surface area contributed by atoms with Gasteiger partial charge in [0.2, 0.25) is 17.7 Å². The minimum absolute atomic E-state index is 0.00693. The Balaban J connectivity index is 1.76. The van der Waals surface area contributed by atoms with E-state index in [-0.39, 0.29) is 40.4 Å². The number of amides is 6. The molecular formula is C26H33Br2N5O7. The molecule has 0 saturated heterocycles. The Kier molecular flexibility index (Phi) is 12.8. The molecule has 0 aromatic heterocycles. The Morgan fingerprint density at radius 1 is 0.900 bits per heavy atom. The number of nitrogens with one attached hydrogen (secondary N) is 3. The average molecular weight is 687 g/mol. The third-order valence-corrected chi connectivity index (χ3v) is 7.97. The molecule has 0 radical (unpaired) electrons. The molecule has 0 bridgehead atoms. The Hall–Kier alpha value is -3.26. The summed E-state index contributed by atoms with van der Waals surface area (Å²) in [6.45, 7) is 5.35. The van der Waals surface area contributed by atoms with E-state index in [9.17, 15) is 28.8 Å². The zero-order chi connectivity index (χ0) is 30.0. The molecule has 0 aliphatic carbocycles. The van der Waals surface area contributed by atoms with Crippen molar-refractivity contribution in [1.82, 2.24) is 15.5 Å². The molecule has 6 amide bonds. The van der Waals surface area contributed by atoms with Crippen LogP contribution < -0.4 is 21.7 Å². The third-order valence-electron chi connectivity index (χ3n) is 5.96. The van der Waals surface area contributed by atoms with Crippen LogP contribution in [0, 0.1) is 5.92 Å². The number of imide groups is 1. The second kappa shape index (κ2) is 15.5. The van der Waals surface area contributed by atoms with Gasteiger partial charge in [-0.05, 0) is 75.2 Å². The van der Waals surface area contributed by atoms with Crippen molar-refractivity contribution in [3.05, 3.63) is 38.8 Å². The van der Waals surface area contributed by atoms with E-state index in [0.717, 1.165) is 4.90 Å². The molecule has 5 N–H and O–H groups in total. The quantitative estimate of drug-likeness (QED) is 0.172. The smallest absolute Gasteiger partial charge is 0.404 e. The number of anilines is 1. The first kappa shape index (κ1) is 32.9. The van der Waals surface area contributed by atoms with Crippen LogP contribution in [0.3, 0.4) is 0 Å². The maximum atomic E-state index is 12.9. The molecule has 1 aliphatic rings. The topological polar surface area (TPSA) is 177 Å². The zero-order valence-corrected chi connectivity index (χ0v) is 25.6. The number of hydrogen-bond donors (Lipinski definition) is 4. The summed E-state index contributed by atoms with van der Waals surface area (Å²) >= 11 is 6.17. The monoisotopic (exact) mass is 685 g/mol. The lowest BCUT2D eigenvalue weighted by Gasteiger charge is -2.24. The summed E-state index contributed by atoms with van der Waals surface area (Å²) in [6.07, 6.45) is 0.935. The van der Waals surface area contributed by atoms with E-state index in [4.69, 9.17) is 10.5 Å². The third kappa shape index (κ3) is 9.73. The summed E-state index contributed by atoms with van der Waals surface area (Å²) in [5.41, 5.74) is 6.11. The fourth-order valence-corrected chi connectivity index (χ4v) is 4.46. The van der Waals surface area contributed by atoms with E-state index in [1.54, 1.807) is 38.1 Å². The molecule has 0 fully saturated rings. The van der Waals surface area contributed by atoms with E-state index < -0.39 is 41.8 Å². The van der Waals surface area contributed by atoms with Crippen molar-refractivity contribution in [2.75, 3.05) is 11.9 Å². The number of nitrogens with zero attached hydrogens (tertiary/aromatic N) is 1. The Labute approximate surface area is 249 Å². The van der Waals surface area contributed by atoms with Gasteiger partial charge in [-0.15, -0.1) is 0 Å². The summed E-state index contributed by atoms with van der Waals surface area (Å²) < 4.78 is 5.11. The molecule has 1 aliphatic heterocycles. The predicted octanol–water partition coefficient (Wildman–Crippen LogP) is 2.80. The zero-order valence-electron chi connectivity index (χ0n) is 22.4. The van der Waals surface area contributed by atoms with E-state index in [1.165, 1.54) is 6.92 Å². The van der Waals surface area contributed by atoms with Crippen LogP contribution in [0.1, 0.15) is 52.0 Å². The highest BCUT2D eigenvalue weighted by atomic mass is 79.9. The van der Waals surface area contributed by atoms with Crippen molar-refractivity contribution >= 4 is 73.2 Å². The number of primary amides is 1. The fourth-order valence-electron chi connectivity index (χ4n) is 3.69. The maximum absolute atomic E-state index is 12.9. The number of carbonyl (C=O) groups excluding carboxylic acids is 6. The van der Waals surface area contributed by atoms with Crippen LogP contribution in [-0.2, 0) is 35.3 Å². The Morgan fingerprint density at radius 3 is 2.05 bits per heavy atom. The number of rotatable bonds is 14. The molecule has 2 atom stereocenters. The van der Waals surface area contributed by atoms with Crippen LogP contribution in [0.25, 0.3) is 0 Å². The highest BCUT2D eigenvalue weighted by Gasteiger charge is 2.35. The molecule has 14 heteroatoms. The number of unbranched alkanes of at least 4 members (excludes halogenated alkanes) is 2. The van der Waals surface area contributed by atoms with Gasteiger partial charge in [0.15, 0.2) is 0 Å². The van der Waals surface area contributed by atoms with Crippen LogP contribution in [0.4, 0.5) is 10.5 Å². The van der Waals surface area contributed by atoms with Crippen LogP contribution in [0.2, 0.25) is 0 Å². The number of nitrogens with two attached hydrogens (primary N) is 1. The van der Waals surface area contributed by atoms with E-state index in [0.29, 0.717) is 30.5 Å². The van der Waals surface area contributed by atoms with Crippen molar-refractivity contribution in [3.8, 4) is 0 Å². The van der Waals surface area contributed by atoms with Crippen LogP contribution in [0.5, 0.6) is 0 Å². The predicted molar refractivity (Wildman–Crippen MR) is 154 cm³/mol. The van der Waals surface area contributed by atoms with Gasteiger partial charge in [-0.3, -0.25) is 28.9 Å². The van der Waals surface area contributed by atoms with Gasteiger partial charge in [0, 0.05) is 18.7 Å². The van der Waals surface area contributed by atoms with Crippen molar-refractivity contribution in [2.45, 2.75) is 65.1 Å². The summed E-state index contributed by atoms with van der Waals surface area (Å²) in [5.74, 6) is -2.27. The summed E-state index contributed by atoms with van der Waals surface area (Å²) in [7, 11) is 0. The van der Waals surface area contributed by atoms with Gasteiger partial charge in [-0.25, -0.2) is 4.79 Å².